The van der Waals surface area contributed by atoms with Crippen molar-refractivity contribution in [2.75, 3.05) is 24.3 Å². The number of phenols is 2. The Labute approximate surface area is 248 Å². The topological polar surface area (TPSA) is 160 Å². The molecule has 0 saturated carbocycles. The van der Waals surface area contributed by atoms with E-state index < -0.39 is 10.0 Å². The van der Waals surface area contributed by atoms with Gasteiger partial charge in [0.1, 0.15) is 5.76 Å². The minimum absolute atomic E-state index is 0.000649. The zero-order valence-corrected chi connectivity index (χ0v) is 24.3. The first kappa shape index (κ1) is 30.5. The first-order valence-electron chi connectivity index (χ1n) is 12.8. The molecule has 0 unspecified atom stereocenters. The smallest absolute Gasteiger partial charge is 0.263 e. The number of hydrogen-bond acceptors (Lipinski definition) is 10. The second kappa shape index (κ2) is 13.4. The normalized spacial score (nSPS) is 12.0. The highest BCUT2D eigenvalue weighted by atomic mass is 32.2. The Morgan fingerprint density at radius 1 is 0.860 bits per heavy atom. The van der Waals surface area contributed by atoms with Gasteiger partial charge in [0.05, 0.1) is 19.1 Å². The van der Waals surface area contributed by atoms with E-state index in [1.54, 1.807) is 61.5 Å². The fraction of sp³-hybridized carbons (Fsp3) is 0.0968. The van der Waals surface area contributed by atoms with Crippen LogP contribution in [0.25, 0.3) is 12.2 Å². The molecule has 0 radical (unpaired) electrons. The van der Waals surface area contributed by atoms with Crippen LogP contribution in [0.3, 0.4) is 0 Å². The zero-order chi connectivity index (χ0) is 31.0. The molecule has 0 saturated heterocycles. The summed E-state index contributed by atoms with van der Waals surface area (Å²) in [6.45, 7) is 1.65. The van der Waals surface area contributed by atoms with Gasteiger partial charge < -0.3 is 29.5 Å². The number of phenolic OH excluding ortho intramolecular Hbond substituents is 2. The summed E-state index contributed by atoms with van der Waals surface area (Å²) < 4.78 is 43.0. The van der Waals surface area contributed by atoms with Crippen LogP contribution in [0.15, 0.2) is 100 Å². The van der Waals surface area contributed by atoms with Gasteiger partial charge in [0.15, 0.2) is 34.6 Å². The number of methoxy groups -OCH3 is 2. The Bertz CT molecular complexity index is 1810. The van der Waals surface area contributed by atoms with Crippen LogP contribution in [-0.4, -0.2) is 43.8 Å². The van der Waals surface area contributed by atoms with Crippen molar-refractivity contribution in [3.63, 3.8) is 0 Å². The van der Waals surface area contributed by atoms with E-state index in [0.717, 1.165) is 0 Å². The summed E-state index contributed by atoms with van der Waals surface area (Å²) in [5.41, 5.74) is 2.23. The number of rotatable bonds is 12. The molecule has 0 atom stereocenters. The zero-order valence-electron chi connectivity index (χ0n) is 23.4. The molecule has 0 bridgehead atoms. The predicted molar refractivity (Wildman–Crippen MR) is 163 cm³/mol. The van der Waals surface area contributed by atoms with Crippen molar-refractivity contribution < 1.29 is 37.4 Å². The second-order valence-corrected chi connectivity index (χ2v) is 10.8. The molecule has 4 rings (SSSR count). The molecule has 3 aromatic carbocycles. The number of nitrogens with zero attached hydrogens (tertiary/aromatic N) is 1. The molecule has 0 amide bonds. The maximum atomic E-state index is 12.9. The van der Waals surface area contributed by atoms with Gasteiger partial charge in [0, 0.05) is 23.5 Å². The molecule has 4 N–H and O–H groups in total. The minimum atomic E-state index is -3.91. The van der Waals surface area contributed by atoms with Crippen molar-refractivity contribution in [3.05, 3.63) is 108 Å². The number of ether oxygens (including phenoxy) is 2. The molecule has 222 valence electrons. The van der Waals surface area contributed by atoms with Crippen LogP contribution in [-0.2, 0) is 14.8 Å². The Kier molecular flexibility index (Phi) is 9.53. The number of allylic oxidation sites excluding steroid dienone is 3. The average Bonchev–Trinajstić information content (AvgIpc) is 3.39. The number of nitrogens with one attached hydrogen (secondary N) is 2. The minimum Gasteiger partial charge on any atom is -0.504 e. The molecule has 0 aliphatic carbocycles. The Hall–Kier alpha value is -5.49. The summed E-state index contributed by atoms with van der Waals surface area (Å²) in [6.07, 6.45) is 7.67. The summed E-state index contributed by atoms with van der Waals surface area (Å²) in [5, 5.41) is 26.5. The van der Waals surface area contributed by atoms with Crippen LogP contribution >= 0.6 is 0 Å². The van der Waals surface area contributed by atoms with Crippen molar-refractivity contribution in [2.45, 2.75) is 11.8 Å². The van der Waals surface area contributed by atoms with Gasteiger partial charge in [-0.25, -0.2) is 8.42 Å². The predicted octanol–water partition coefficient (Wildman–Crippen LogP) is 5.50. The Balaban J connectivity index is 1.58. The van der Waals surface area contributed by atoms with Crippen LogP contribution in [0.2, 0.25) is 0 Å². The van der Waals surface area contributed by atoms with E-state index in [-0.39, 0.29) is 39.5 Å². The summed E-state index contributed by atoms with van der Waals surface area (Å²) in [7, 11) is -1.04. The fourth-order valence-electron chi connectivity index (χ4n) is 3.78. The van der Waals surface area contributed by atoms with E-state index in [9.17, 15) is 23.4 Å². The first-order chi connectivity index (χ1) is 20.6. The third kappa shape index (κ3) is 8.27. The van der Waals surface area contributed by atoms with Gasteiger partial charge in [-0.05, 0) is 78.7 Å². The van der Waals surface area contributed by atoms with Gasteiger partial charge in [0.25, 0.3) is 10.0 Å². The highest BCUT2D eigenvalue weighted by Crippen LogP contribution is 2.28. The number of carbonyl (C=O) groups excluding carboxylic acids is 1. The molecular weight excluding hydrogens is 574 g/mol. The summed E-state index contributed by atoms with van der Waals surface area (Å²) >= 11 is 0. The second-order valence-electron chi connectivity index (χ2n) is 9.11. The van der Waals surface area contributed by atoms with E-state index >= 15 is 0 Å². The number of ketones is 1. The highest BCUT2D eigenvalue weighted by molar-refractivity contribution is 7.92. The largest absolute Gasteiger partial charge is 0.504 e. The molecule has 11 nitrogen and oxygen atoms in total. The van der Waals surface area contributed by atoms with Crippen LogP contribution in [0, 0.1) is 6.92 Å². The lowest BCUT2D eigenvalue weighted by molar-refractivity contribution is -0.110. The lowest BCUT2D eigenvalue weighted by Gasteiger charge is -2.10. The molecule has 0 aliphatic heterocycles. The van der Waals surface area contributed by atoms with Crippen LogP contribution < -0.4 is 19.5 Å². The third-order valence-electron chi connectivity index (χ3n) is 5.92. The third-order valence-corrected chi connectivity index (χ3v) is 7.29. The van der Waals surface area contributed by atoms with Crippen molar-refractivity contribution in [2.24, 2.45) is 0 Å². The van der Waals surface area contributed by atoms with Crippen LogP contribution in [0.1, 0.15) is 16.9 Å². The van der Waals surface area contributed by atoms with Gasteiger partial charge in [-0.1, -0.05) is 29.4 Å². The Morgan fingerprint density at radius 2 is 1.44 bits per heavy atom. The standard InChI is InChI=1S/C31H29N3O8S/c1-20-16-31(33-42-20)34-43(38,39)26-12-9-23(10-13-26)32-24(8-4-21-6-14-27(36)29(17-21)40-2)19-25(35)11-5-22-7-15-28(37)30(18-22)41-3/h4-19,32,36-37H,1-3H3,(H,33,34)/b8-4+,11-5+,24-19?. The van der Waals surface area contributed by atoms with Gasteiger partial charge in [-0.3, -0.25) is 9.52 Å². The molecule has 1 aromatic heterocycles. The van der Waals surface area contributed by atoms with Gasteiger partial charge in [-0.2, -0.15) is 0 Å². The number of hydrogen-bond donors (Lipinski definition) is 4. The quantitative estimate of drug-likeness (QED) is 0.120. The van der Waals surface area contributed by atoms with Crippen molar-refractivity contribution in [1.29, 1.82) is 0 Å². The molecule has 1 heterocycles. The van der Waals surface area contributed by atoms with E-state index in [1.165, 1.54) is 56.7 Å². The molecule has 0 aliphatic rings. The van der Waals surface area contributed by atoms with E-state index in [2.05, 4.69) is 15.2 Å². The first-order valence-corrected chi connectivity index (χ1v) is 14.2. The van der Waals surface area contributed by atoms with Crippen LogP contribution in [0.5, 0.6) is 23.0 Å². The van der Waals surface area contributed by atoms with E-state index in [1.807, 2.05) is 0 Å². The van der Waals surface area contributed by atoms with Crippen molar-refractivity contribution >= 4 is 39.5 Å². The van der Waals surface area contributed by atoms with Crippen molar-refractivity contribution in [1.82, 2.24) is 5.16 Å². The van der Waals surface area contributed by atoms with Gasteiger partial charge in [0.2, 0.25) is 0 Å². The summed E-state index contributed by atoms with van der Waals surface area (Å²) in [4.78, 5) is 12.9. The molecule has 4 aromatic rings. The van der Waals surface area contributed by atoms with Crippen molar-refractivity contribution in [3.8, 4) is 23.0 Å². The highest BCUT2D eigenvalue weighted by Gasteiger charge is 2.16. The van der Waals surface area contributed by atoms with E-state index in [0.29, 0.717) is 28.3 Å². The number of aromatic nitrogens is 1. The number of aryl methyl sites for hydroxylation is 1. The van der Waals surface area contributed by atoms with Gasteiger partial charge >= 0.3 is 0 Å². The monoisotopic (exact) mass is 603 g/mol. The lowest BCUT2D eigenvalue weighted by Crippen LogP contribution is -2.13. The number of carbonyl (C=O) groups is 1. The molecule has 43 heavy (non-hydrogen) atoms. The summed E-state index contributed by atoms with van der Waals surface area (Å²) in [5.74, 6) is 0.709. The number of benzene rings is 3. The number of sulfonamides is 1. The molecule has 12 heteroatoms. The number of aromatic hydroxyl groups is 2. The van der Waals surface area contributed by atoms with Crippen LogP contribution in [0.4, 0.5) is 11.5 Å². The van der Waals surface area contributed by atoms with Gasteiger partial charge in [-0.15, -0.1) is 0 Å². The average molecular weight is 604 g/mol. The molecule has 0 spiro atoms. The number of anilines is 2. The lowest BCUT2D eigenvalue weighted by atomic mass is 10.1. The Morgan fingerprint density at radius 3 is 1.98 bits per heavy atom. The maximum Gasteiger partial charge on any atom is 0.263 e. The summed E-state index contributed by atoms with van der Waals surface area (Å²) in [6, 6.07) is 16.9. The van der Waals surface area contributed by atoms with E-state index in [4.69, 9.17) is 14.0 Å². The fourth-order valence-corrected chi connectivity index (χ4v) is 4.77. The SMILES string of the molecule is COc1cc(/C=C/C(=O)C=C(/C=C/c2ccc(O)c(OC)c2)Nc2ccc(S(=O)(=O)Nc3cc(C)on3)cc2)ccc1O. The maximum absolute atomic E-state index is 12.9. The molecule has 0 fully saturated rings. The molecular formula is C31H29N3O8S.